The molecule has 1 aliphatic rings. The summed E-state index contributed by atoms with van der Waals surface area (Å²) in [6.07, 6.45) is -7.87. The summed E-state index contributed by atoms with van der Waals surface area (Å²) in [4.78, 5) is 25.1. The molecular formula is C20H22B3F3O7S. The predicted molar refractivity (Wildman–Crippen MR) is 118 cm³/mol. The first-order valence-corrected chi connectivity index (χ1v) is 12.1. The van der Waals surface area contributed by atoms with Gasteiger partial charge in [-0.1, -0.05) is 36.2 Å². The number of halogens is 3. The number of hydrogen-bond acceptors (Lipinski definition) is 6. The molecule has 0 aliphatic heterocycles. The quantitative estimate of drug-likeness (QED) is 0.316. The summed E-state index contributed by atoms with van der Waals surface area (Å²) in [6, 6.07) is 3.19. The van der Waals surface area contributed by atoms with Gasteiger partial charge in [0.25, 0.3) is 10.1 Å². The Hall–Kier alpha value is -1.95. The Bertz CT molecular complexity index is 1000. The van der Waals surface area contributed by atoms with Crippen LogP contribution in [-0.4, -0.2) is 72.6 Å². The maximum atomic E-state index is 13.1. The van der Waals surface area contributed by atoms with E-state index < -0.39 is 52.1 Å². The van der Waals surface area contributed by atoms with Crippen LogP contribution in [0.25, 0.3) is 0 Å². The van der Waals surface area contributed by atoms with E-state index in [-0.39, 0.29) is 37.4 Å². The smallest absolute Gasteiger partial charge is 0.426 e. The van der Waals surface area contributed by atoms with E-state index in [4.69, 9.17) is 32.8 Å². The average molecular weight is 496 g/mol. The Kier molecular flexibility index (Phi) is 9.70. The van der Waals surface area contributed by atoms with Crippen LogP contribution in [0.3, 0.4) is 0 Å². The van der Waals surface area contributed by atoms with Gasteiger partial charge in [0.15, 0.2) is 0 Å². The number of carbonyl (C=O) groups excluding carboxylic acids is 2. The van der Waals surface area contributed by atoms with Crippen molar-refractivity contribution >= 4 is 45.6 Å². The first kappa shape index (κ1) is 28.3. The van der Waals surface area contributed by atoms with Crippen LogP contribution in [0.2, 0.25) is 0 Å². The third-order valence-corrected chi connectivity index (χ3v) is 6.25. The molecule has 0 saturated heterocycles. The third-order valence-electron chi connectivity index (χ3n) is 5.52. The van der Waals surface area contributed by atoms with Gasteiger partial charge < -0.3 is 9.47 Å². The van der Waals surface area contributed by atoms with Gasteiger partial charge in [-0.2, -0.15) is 21.6 Å². The fourth-order valence-corrected chi connectivity index (χ4v) is 4.42. The molecule has 2 rings (SSSR count). The molecule has 1 fully saturated rings. The zero-order valence-electron chi connectivity index (χ0n) is 18.2. The summed E-state index contributed by atoms with van der Waals surface area (Å²) in [5.74, 6) is -4.87. The van der Waals surface area contributed by atoms with Gasteiger partial charge in [-0.15, -0.1) is 0 Å². The summed E-state index contributed by atoms with van der Waals surface area (Å²) < 4.78 is 79.5. The van der Waals surface area contributed by atoms with Crippen molar-refractivity contribution in [1.29, 1.82) is 0 Å². The molecule has 1 N–H and O–H groups in total. The molecule has 0 bridgehead atoms. The number of esters is 2. The van der Waals surface area contributed by atoms with Gasteiger partial charge in [-0.05, 0) is 37.3 Å². The largest absolute Gasteiger partial charge is 0.459 e. The van der Waals surface area contributed by atoms with E-state index in [1.807, 2.05) is 0 Å². The summed E-state index contributed by atoms with van der Waals surface area (Å²) in [5, 5.41) is 0. The molecule has 0 spiro atoms. The molecule has 3 atom stereocenters. The minimum absolute atomic E-state index is 0.0223. The standard InChI is InChI=1S/C20H22B3F3O7S/c21-7-12-4-14(9-23)16(6-13(12)8-22)19(28)32-15-3-1-2-11(5-15)18(27)33-17(20(24,25)26)10-34(29,30)31/h4,6,11,15,17H,1-3,5,7-10H2,(H,29,30,31). The van der Waals surface area contributed by atoms with Gasteiger partial charge in [0.2, 0.25) is 6.10 Å². The molecule has 3 unspecified atom stereocenters. The number of alkyl halides is 3. The Labute approximate surface area is 200 Å². The highest BCUT2D eigenvalue weighted by Gasteiger charge is 2.46. The Morgan fingerprint density at radius 3 is 2.18 bits per heavy atom. The fourth-order valence-electron chi connectivity index (χ4n) is 3.78. The monoisotopic (exact) mass is 496 g/mol. The topological polar surface area (TPSA) is 107 Å². The molecule has 1 aliphatic carbocycles. The minimum atomic E-state index is -5.19. The average Bonchev–Trinajstić information content (AvgIpc) is 2.76. The van der Waals surface area contributed by atoms with Gasteiger partial charge in [-0.3, -0.25) is 9.35 Å². The van der Waals surface area contributed by atoms with E-state index in [2.05, 4.69) is 4.74 Å². The van der Waals surface area contributed by atoms with Crippen LogP contribution in [0.4, 0.5) is 13.2 Å². The van der Waals surface area contributed by atoms with Gasteiger partial charge >= 0.3 is 18.1 Å². The highest BCUT2D eigenvalue weighted by Crippen LogP contribution is 2.31. The molecule has 6 radical (unpaired) electrons. The van der Waals surface area contributed by atoms with Crippen LogP contribution in [0.15, 0.2) is 12.1 Å². The number of rotatable bonds is 9. The maximum Gasteiger partial charge on any atom is 0.426 e. The molecule has 7 nitrogen and oxygen atoms in total. The van der Waals surface area contributed by atoms with Crippen LogP contribution in [0, 0.1) is 5.92 Å². The van der Waals surface area contributed by atoms with Crippen molar-refractivity contribution in [3.63, 3.8) is 0 Å². The fraction of sp³-hybridized carbons (Fsp3) is 0.600. The Balaban J connectivity index is 2.11. The molecule has 180 valence electrons. The van der Waals surface area contributed by atoms with Gasteiger partial charge in [0.1, 0.15) is 11.9 Å². The minimum Gasteiger partial charge on any atom is -0.459 e. The summed E-state index contributed by atoms with van der Waals surface area (Å²) in [6.45, 7) is 0. The molecule has 14 heteroatoms. The van der Waals surface area contributed by atoms with Crippen molar-refractivity contribution in [3.05, 3.63) is 34.4 Å². The number of hydrogen-bond donors (Lipinski definition) is 1. The molecule has 1 aromatic rings. The molecule has 0 heterocycles. The Morgan fingerprint density at radius 2 is 1.65 bits per heavy atom. The summed E-state index contributed by atoms with van der Waals surface area (Å²) in [5.41, 5.74) is 2.01. The van der Waals surface area contributed by atoms with Crippen LogP contribution in [-0.2, 0) is 43.3 Å². The van der Waals surface area contributed by atoms with Crippen LogP contribution < -0.4 is 0 Å². The molecule has 34 heavy (non-hydrogen) atoms. The lowest BCUT2D eigenvalue weighted by molar-refractivity contribution is -0.218. The van der Waals surface area contributed by atoms with Gasteiger partial charge in [0, 0.05) is 0 Å². The first-order chi connectivity index (χ1) is 15.8. The normalized spacial score (nSPS) is 19.9. The number of carbonyl (C=O) groups is 2. The van der Waals surface area contributed by atoms with Crippen LogP contribution in [0.1, 0.15) is 52.7 Å². The van der Waals surface area contributed by atoms with Crippen LogP contribution >= 0.6 is 0 Å². The summed E-state index contributed by atoms with van der Waals surface area (Å²) in [7, 11) is 12.1. The van der Waals surface area contributed by atoms with Gasteiger partial charge in [-0.25, -0.2) is 4.79 Å². The van der Waals surface area contributed by atoms with E-state index >= 15 is 0 Å². The molecule has 1 saturated carbocycles. The highest BCUT2D eigenvalue weighted by atomic mass is 32.2. The van der Waals surface area contributed by atoms with E-state index in [1.165, 1.54) is 6.07 Å². The SMILES string of the molecule is [B]Cc1cc(C[B])c(C(=O)OC2CCCC(C(=O)OC(CS(=O)(=O)O)C(F)(F)F)C2)cc1C[B]. The lowest BCUT2D eigenvalue weighted by Crippen LogP contribution is -2.42. The van der Waals surface area contributed by atoms with Crippen molar-refractivity contribution in [1.82, 2.24) is 0 Å². The Morgan fingerprint density at radius 1 is 1.06 bits per heavy atom. The zero-order chi connectivity index (χ0) is 25.7. The number of benzene rings is 1. The van der Waals surface area contributed by atoms with E-state index in [9.17, 15) is 31.2 Å². The first-order valence-electron chi connectivity index (χ1n) is 10.5. The molecule has 0 amide bonds. The van der Waals surface area contributed by atoms with Crippen molar-refractivity contribution < 1.29 is 45.2 Å². The predicted octanol–water partition coefficient (Wildman–Crippen LogP) is 1.77. The zero-order valence-corrected chi connectivity index (χ0v) is 19.0. The number of ether oxygens (including phenoxy) is 2. The molecule has 0 aromatic heterocycles. The second kappa shape index (κ2) is 11.7. The van der Waals surface area contributed by atoms with E-state index in [1.54, 1.807) is 6.07 Å². The lowest BCUT2D eigenvalue weighted by atomic mass is 9.81. The third kappa shape index (κ3) is 7.79. The summed E-state index contributed by atoms with van der Waals surface area (Å²) >= 11 is 0. The highest BCUT2D eigenvalue weighted by molar-refractivity contribution is 7.85. The lowest BCUT2D eigenvalue weighted by Gasteiger charge is -2.29. The molecule has 1 aromatic carbocycles. The van der Waals surface area contributed by atoms with E-state index in [0.717, 1.165) is 5.56 Å². The van der Waals surface area contributed by atoms with Gasteiger partial charge in [0.05, 0.1) is 35.0 Å². The van der Waals surface area contributed by atoms with Crippen molar-refractivity contribution in [3.8, 4) is 0 Å². The van der Waals surface area contributed by atoms with Crippen molar-refractivity contribution in [2.45, 2.75) is 63.0 Å². The second-order valence-electron chi connectivity index (χ2n) is 8.00. The maximum absolute atomic E-state index is 13.1. The van der Waals surface area contributed by atoms with Crippen LogP contribution in [0.5, 0.6) is 0 Å². The molecular weight excluding hydrogens is 474 g/mol. The van der Waals surface area contributed by atoms with Crippen molar-refractivity contribution in [2.75, 3.05) is 5.75 Å². The second-order valence-corrected chi connectivity index (χ2v) is 9.49. The van der Waals surface area contributed by atoms with E-state index in [0.29, 0.717) is 24.0 Å². The van der Waals surface area contributed by atoms with Crippen molar-refractivity contribution in [2.24, 2.45) is 5.92 Å².